The highest BCUT2D eigenvalue weighted by atomic mass is 32.2. The molecule has 88 valence electrons. The summed E-state index contributed by atoms with van der Waals surface area (Å²) in [6.07, 6.45) is 0. The van der Waals surface area contributed by atoms with Crippen molar-refractivity contribution in [2.45, 2.75) is 4.90 Å². The molecule has 2 aromatic carbocycles. The second-order valence-electron chi connectivity index (χ2n) is 3.58. The lowest BCUT2D eigenvalue weighted by Gasteiger charge is -2.05. The third-order valence-corrected chi connectivity index (χ3v) is 3.22. The number of ether oxygens (including phenoxy) is 1. The maximum absolute atomic E-state index is 5.62. The Morgan fingerprint density at radius 2 is 1.65 bits per heavy atom. The highest BCUT2D eigenvalue weighted by molar-refractivity contribution is 7.99. The van der Waals surface area contributed by atoms with E-state index in [2.05, 4.69) is 0 Å². The second kappa shape index (κ2) is 6.21. The first-order valence-corrected chi connectivity index (χ1v) is 6.49. The molecule has 0 bridgehead atoms. The van der Waals surface area contributed by atoms with E-state index < -0.39 is 0 Å². The van der Waals surface area contributed by atoms with Crippen LogP contribution in [0.15, 0.2) is 59.5 Å². The summed E-state index contributed by atoms with van der Waals surface area (Å²) >= 11 is 1.77. The molecule has 0 radical (unpaired) electrons. The van der Waals surface area contributed by atoms with Gasteiger partial charge in [-0.1, -0.05) is 18.2 Å². The van der Waals surface area contributed by atoms with Gasteiger partial charge in [-0.05, 0) is 36.4 Å². The fourth-order valence-corrected chi connectivity index (χ4v) is 2.13. The number of hydrogen-bond donors (Lipinski definition) is 1. The van der Waals surface area contributed by atoms with Gasteiger partial charge in [0.25, 0.3) is 0 Å². The Hall–Kier alpha value is -1.61. The fraction of sp³-hybridized carbons (Fsp3) is 0.143. The van der Waals surface area contributed by atoms with Crippen LogP contribution in [0.2, 0.25) is 0 Å². The van der Waals surface area contributed by atoms with Crippen LogP contribution in [0.25, 0.3) is 0 Å². The summed E-state index contributed by atoms with van der Waals surface area (Å²) in [4.78, 5) is 1.22. The zero-order chi connectivity index (χ0) is 11.9. The average molecular weight is 245 g/mol. The van der Waals surface area contributed by atoms with Crippen molar-refractivity contribution in [1.29, 1.82) is 0 Å². The Balaban J connectivity index is 1.71. The standard InChI is InChI=1S/C14H15NOS/c15-12-6-8-14(9-7-12)17-11-10-16-13-4-2-1-3-5-13/h1-9H,10-11,15H2. The Kier molecular flexibility index (Phi) is 4.33. The summed E-state index contributed by atoms with van der Waals surface area (Å²) in [6.45, 7) is 0.707. The minimum absolute atomic E-state index is 0.707. The van der Waals surface area contributed by atoms with Crippen molar-refractivity contribution in [3.05, 3.63) is 54.6 Å². The molecule has 0 atom stereocenters. The summed E-state index contributed by atoms with van der Waals surface area (Å²) in [5, 5.41) is 0. The molecule has 0 aliphatic rings. The smallest absolute Gasteiger partial charge is 0.119 e. The number of thioether (sulfide) groups is 1. The van der Waals surface area contributed by atoms with Gasteiger partial charge in [0.05, 0.1) is 6.61 Å². The van der Waals surface area contributed by atoms with Crippen molar-refractivity contribution in [3.63, 3.8) is 0 Å². The summed E-state index contributed by atoms with van der Waals surface area (Å²) in [7, 11) is 0. The number of rotatable bonds is 5. The number of nitrogen functional groups attached to an aromatic ring is 1. The van der Waals surface area contributed by atoms with Crippen LogP contribution < -0.4 is 10.5 Å². The van der Waals surface area contributed by atoms with Gasteiger partial charge < -0.3 is 10.5 Å². The molecule has 0 amide bonds. The van der Waals surface area contributed by atoms with E-state index in [-0.39, 0.29) is 0 Å². The minimum Gasteiger partial charge on any atom is -0.493 e. The Bertz CT molecular complexity index is 442. The molecule has 2 rings (SSSR count). The summed E-state index contributed by atoms with van der Waals surface area (Å²) in [5.41, 5.74) is 6.42. The molecular weight excluding hydrogens is 230 g/mol. The van der Waals surface area contributed by atoms with Crippen molar-refractivity contribution in [2.75, 3.05) is 18.1 Å². The van der Waals surface area contributed by atoms with Crippen LogP contribution in [-0.4, -0.2) is 12.4 Å². The summed E-state index contributed by atoms with van der Waals surface area (Å²) < 4.78 is 5.61. The van der Waals surface area contributed by atoms with Crippen molar-refractivity contribution in [3.8, 4) is 5.75 Å². The third-order valence-electron chi connectivity index (χ3n) is 2.24. The van der Waals surface area contributed by atoms with Crippen molar-refractivity contribution in [1.82, 2.24) is 0 Å². The van der Waals surface area contributed by atoms with Gasteiger partial charge >= 0.3 is 0 Å². The lowest BCUT2D eigenvalue weighted by Crippen LogP contribution is -1.99. The molecule has 2 N–H and O–H groups in total. The first kappa shape index (κ1) is 11.9. The van der Waals surface area contributed by atoms with Crippen LogP contribution in [0.5, 0.6) is 5.75 Å². The number of para-hydroxylation sites is 1. The van der Waals surface area contributed by atoms with E-state index in [1.54, 1.807) is 11.8 Å². The average Bonchev–Trinajstić information content (AvgIpc) is 2.38. The first-order valence-electron chi connectivity index (χ1n) is 5.51. The van der Waals surface area contributed by atoms with Crippen LogP contribution in [0.4, 0.5) is 5.69 Å². The van der Waals surface area contributed by atoms with E-state index in [9.17, 15) is 0 Å². The molecule has 0 unspecified atom stereocenters. The Labute approximate surface area is 106 Å². The zero-order valence-corrected chi connectivity index (χ0v) is 10.3. The Morgan fingerprint density at radius 1 is 0.941 bits per heavy atom. The maximum Gasteiger partial charge on any atom is 0.119 e. The van der Waals surface area contributed by atoms with Crippen LogP contribution in [0.3, 0.4) is 0 Å². The molecule has 0 fully saturated rings. The van der Waals surface area contributed by atoms with E-state index in [4.69, 9.17) is 10.5 Å². The molecular formula is C14H15NOS. The van der Waals surface area contributed by atoms with Crippen LogP contribution in [0, 0.1) is 0 Å². The van der Waals surface area contributed by atoms with Crippen LogP contribution >= 0.6 is 11.8 Å². The van der Waals surface area contributed by atoms with Gasteiger partial charge in [0.15, 0.2) is 0 Å². The third kappa shape index (κ3) is 4.04. The molecule has 2 nitrogen and oxygen atoms in total. The molecule has 3 heteroatoms. The van der Waals surface area contributed by atoms with E-state index >= 15 is 0 Å². The molecule has 0 heterocycles. The molecule has 0 aromatic heterocycles. The lowest BCUT2D eigenvalue weighted by atomic mass is 10.3. The molecule has 2 aromatic rings. The molecule has 17 heavy (non-hydrogen) atoms. The van der Waals surface area contributed by atoms with Gasteiger partial charge in [0.1, 0.15) is 5.75 Å². The maximum atomic E-state index is 5.62. The molecule has 0 saturated carbocycles. The zero-order valence-electron chi connectivity index (χ0n) is 9.50. The predicted octanol–water partition coefficient (Wildman–Crippen LogP) is 3.44. The normalized spacial score (nSPS) is 10.1. The monoisotopic (exact) mass is 245 g/mol. The summed E-state index contributed by atoms with van der Waals surface area (Å²) in [5.74, 6) is 1.85. The van der Waals surface area contributed by atoms with Crippen LogP contribution in [-0.2, 0) is 0 Å². The number of nitrogens with two attached hydrogens (primary N) is 1. The van der Waals surface area contributed by atoms with E-state index in [1.165, 1.54) is 4.90 Å². The van der Waals surface area contributed by atoms with Gasteiger partial charge in [-0.3, -0.25) is 0 Å². The molecule has 0 spiro atoms. The number of benzene rings is 2. The van der Waals surface area contributed by atoms with Gasteiger partial charge in [-0.15, -0.1) is 11.8 Å². The highest BCUT2D eigenvalue weighted by Gasteiger charge is 1.95. The van der Waals surface area contributed by atoms with E-state index in [1.807, 2.05) is 54.6 Å². The fourth-order valence-electron chi connectivity index (χ4n) is 1.40. The van der Waals surface area contributed by atoms with Crippen molar-refractivity contribution >= 4 is 17.4 Å². The largest absolute Gasteiger partial charge is 0.493 e. The predicted molar refractivity (Wildman–Crippen MR) is 73.5 cm³/mol. The van der Waals surface area contributed by atoms with Gasteiger partial charge in [0.2, 0.25) is 0 Å². The lowest BCUT2D eigenvalue weighted by molar-refractivity contribution is 0.344. The molecule has 0 saturated heterocycles. The van der Waals surface area contributed by atoms with E-state index in [0.717, 1.165) is 17.2 Å². The van der Waals surface area contributed by atoms with Crippen molar-refractivity contribution in [2.24, 2.45) is 0 Å². The first-order chi connectivity index (χ1) is 8.34. The van der Waals surface area contributed by atoms with E-state index in [0.29, 0.717) is 6.61 Å². The van der Waals surface area contributed by atoms with Gasteiger partial charge in [-0.2, -0.15) is 0 Å². The van der Waals surface area contributed by atoms with Gasteiger partial charge in [0, 0.05) is 16.3 Å². The summed E-state index contributed by atoms with van der Waals surface area (Å²) in [6, 6.07) is 17.8. The van der Waals surface area contributed by atoms with Crippen LogP contribution in [0.1, 0.15) is 0 Å². The highest BCUT2D eigenvalue weighted by Crippen LogP contribution is 2.19. The topological polar surface area (TPSA) is 35.2 Å². The quantitative estimate of drug-likeness (QED) is 0.498. The second-order valence-corrected chi connectivity index (χ2v) is 4.75. The van der Waals surface area contributed by atoms with Gasteiger partial charge in [-0.25, -0.2) is 0 Å². The number of anilines is 1. The SMILES string of the molecule is Nc1ccc(SCCOc2ccccc2)cc1. The Morgan fingerprint density at radius 3 is 2.35 bits per heavy atom. The molecule has 0 aliphatic heterocycles. The van der Waals surface area contributed by atoms with Crippen molar-refractivity contribution < 1.29 is 4.74 Å². The number of hydrogen-bond acceptors (Lipinski definition) is 3. The molecule has 0 aliphatic carbocycles. The minimum atomic E-state index is 0.707.